The van der Waals surface area contributed by atoms with Crippen LogP contribution in [0, 0.1) is 28.1 Å². The van der Waals surface area contributed by atoms with Crippen LogP contribution in [0.25, 0.3) is 0 Å². The van der Waals surface area contributed by atoms with Crippen LogP contribution in [0.3, 0.4) is 0 Å². The summed E-state index contributed by atoms with van der Waals surface area (Å²) in [6.07, 6.45) is 9.35. The van der Waals surface area contributed by atoms with Gasteiger partial charge in [0.2, 0.25) is 17.6 Å². The maximum absolute atomic E-state index is 14.4. The van der Waals surface area contributed by atoms with E-state index in [9.17, 15) is 24.0 Å². The van der Waals surface area contributed by atoms with Crippen molar-refractivity contribution in [1.82, 2.24) is 26.2 Å². The lowest BCUT2D eigenvalue weighted by molar-refractivity contribution is -0.145. The lowest BCUT2D eigenvalue weighted by Gasteiger charge is -2.41. The number of piperidine rings is 1. The maximum Gasteiger partial charge on any atom is 0.315 e. The van der Waals surface area contributed by atoms with E-state index in [4.69, 9.17) is 0 Å². The Labute approximate surface area is 277 Å². The fourth-order valence-corrected chi connectivity index (χ4v) is 7.54. The third-order valence-electron chi connectivity index (χ3n) is 10.5. The number of fused-ring (bicyclic) bond motifs is 1. The molecule has 0 spiro atoms. The minimum atomic E-state index is -0.998. The molecule has 2 unspecified atom stereocenters. The Bertz CT molecular complexity index is 1160. The number of nitrogens with zero attached hydrogens (tertiary/aromatic N) is 1. The molecule has 2 saturated carbocycles. The highest BCUT2D eigenvalue weighted by Crippen LogP contribution is 2.65. The molecule has 0 radical (unpaired) electrons. The zero-order valence-electron chi connectivity index (χ0n) is 29.9. The zero-order chi connectivity index (χ0) is 34.7. The Balaban J connectivity index is 1.81. The lowest BCUT2D eigenvalue weighted by atomic mass is 9.75. The maximum atomic E-state index is 14.4. The van der Waals surface area contributed by atoms with Crippen LogP contribution in [0.2, 0.25) is 0 Å². The van der Waals surface area contributed by atoms with Gasteiger partial charge in [0.1, 0.15) is 12.1 Å². The van der Waals surface area contributed by atoms with Gasteiger partial charge in [-0.1, -0.05) is 94.1 Å². The molecule has 260 valence electrons. The number of amides is 5. The van der Waals surface area contributed by atoms with E-state index in [0.29, 0.717) is 19.4 Å². The predicted octanol–water partition coefficient (Wildman–Crippen LogP) is 4.87. The first-order valence-electron chi connectivity index (χ1n) is 17.4. The van der Waals surface area contributed by atoms with E-state index < -0.39 is 41.1 Å². The van der Waals surface area contributed by atoms with Crippen molar-refractivity contribution in [2.75, 3.05) is 13.1 Å². The number of rotatable bonds is 13. The smallest absolute Gasteiger partial charge is 0.315 e. The average molecular weight is 644 g/mol. The molecule has 3 fully saturated rings. The first-order valence-corrected chi connectivity index (χ1v) is 17.4. The molecule has 46 heavy (non-hydrogen) atoms. The molecular formula is C36H61N5O5. The van der Waals surface area contributed by atoms with E-state index in [1.54, 1.807) is 4.90 Å². The number of ketones is 1. The van der Waals surface area contributed by atoms with Gasteiger partial charge in [0.25, 0.3) is 5.91 Å². The van der Waals surface area contributed by atoms with E-state index in [2.05, 4.69) is 62.5 Å². The molecule has 3 rings (SSSR count). The Kier molecular flexibility index (Phi) is 11.8. The summed E-state index contributed by atoms with van der Waals surface area (Å²) in [4.78, 5) is 69.1. The van der Waals surface area contributed by atoms with E-state index in [1.165, 1.54) is 6.08 Å². The van der Waals surface area contributed by atoms with Gasteiger partial charge >= 0.3 is 6.03 Å². The summed E-state index contributed by atoms with van der Waals surface area (Å²) in [5, 5.41) is 11.7. The third kappa shape index (κ3) is 8.91. The standard InChI is InChI=1S/C36H61N5O5/c1-11-16-24(27(42)30(44)37-21-12-2)38-29(43)26-25-23(35(25,9)10)22-41(26)31(45)28(34(6,7)8)39-32(46)40-36(17-14-13-15-18-36)20-19-33(3,4)5/h12,23-26,28H,2,11,13-22H2,1,3-10H3,(H,37,44)(H,38,43)(H2,39,40,46)/t23?,24?,25-,26-,28+/m0/s1. The van der Waals surface area contributed by atoms with Crippen LogP contribution in [0.4, 0.5) is 4.79 Å². The fraction of sp³-hybridized carbons (Fsp3) is 0.806. The minimum Gasteiger partial charge on any atom is -0.346 e. The van der Waals surface area contributed by atoms with Crippen LogP contribution < -0.4 is 21.3 Å². The number of hydrogen-bond donors (Lipinski definition) is 4. The van der Waals surface area contributed by atoms with Crippen molar-refractivity contribution in [3.63, 3.8) is 0 Å². The van der Waals surface area contributed by atoms with Crippen molar-refractivity contribution in [1.29, 1.82) is 0 Å². The van der Waals surface area contributed by atoms with Crippen LogP contribution in [0.5, 0.6) is 0 Å². The molecule has 1 heterocycles. The van der Waals surface area contributed by atoms with E-state index >= 15 is 0 Å². The Morgan fingerprint density at radius 3 is 2.15 bits per heavy atom. The van der Waals surface area contributed by atoms with Crippen molar-refractivity contribution in [3.8, 4) is 0 Å². The molecule has 0 bridgehead atoms. The zero-order valence-corrected chi connectivity index (χ0v) is 29.9. The first-order chi connectivity index (χ1) is 21.3. The van der Waals surface area contributed by atoms with Crippen LogP contribution in [-0.4, -0.2) is 71.2 Å². The molecular weight excluding hydrogens is 582 g/mol. The number of Topliss-reactive ketones (excluding diaryl/α,β-unsaturated/α-hetero) is 1. The monoisotopic (exact) mass is 643 g/mol. The van der Waals surface area contributed by atoms with Crippen molar-refractivity contribution in [2.45, 2.75) is 144 Å². The molecule has 10 heteroatoms. The number of urea groups is 1. The van der Waals surface area contributed by atoms with Gasteiger partial charge in [0, 0.05) is 18.6 Å². The highest BCUT2D eigenvalue weighted by molar-refractivity contribution is 6.38. The SMILES string of the molecule is C=CCNC(=O)C(=O)C(CCC)NC(=O)[C@@H]1[C@@H]2C(CN1C(=O)[C@@H](NC(=O)NC1(CCC(C)(C)C)CCCCC1)C(C)(C)C)C2(C)C. The van der Waals surface area contributed by atoms with E-state index in [0.717, 1.165) is 44.9 Å². The molecule has 0 aromatic carbocycles. The highest BCUT2D eigenvalue weighted by Gasteiger charge is 2.70. The average Bonchev–Trinajstić information content (AvgIpc) is 3.28. The summed E-state index contributed by atoms with van der Waals surface area (Å²) < 4.78 is 0. The molecule has 0 aromatic rings. The molecule has 1 aliphatic heterocycles. The summed E-state index contributed by atoms with van der Waals surface area (Å²) in [5.41, 5.74) is -0.941. The largest absolute Gasteiger partial charge is 0.346 e. The van der Waals surface area contributed by atoms with Crippen molar-refractivity contribution in [2.24, 2.45) is 28.1 Å². The molecule has 5 amide bonds. The normalized spacial score (nSPS) is 24.5. The first kappa shape index (κ1) is 37.5. The van der Waals surface area contributed by atoms with Gasteiger partial charge in [-0.3, -0.25) is 19.2 Å². The van der Waals surface area contributed by atoms with Gasteiger partial charge in [0.05, 0.1) is 6.04 Å². The van der Waals surface area contributed by atoms with Gasteiger partial charge in [-0.2, -0.15) is 0 Å². The number of carbonyl (C=O) groups excluding carboxylic acids is 5. The van der Waals surface area contributed by atoms with Gasteiger partial charge < -0.3 is 26.2 Å². The van der Waals surface area contributed by atoms with Crippen molar-refractivity contribution in [3.05, 3.63) is 12.7 Å². The third-order valence-corrected chi connectivity index (χ3v) is 10.5. The van der Waals surface area contributed by atoms with E-state index in [-0.39, 0.29) is 46.7 Å². The number of nitrogens with one attached hydrogen (secondary N) is 4. The molecule has 1 saturated heterocycles. The molecule has 5 atom stereocenters. The van der Waals surface area contributed by atoms with E-state index in [1.807, 2.05) is 27.7 Å². The van der Waals surface area contributed by atoms with Crippen LogP contribution >= 0.6 is 0 Å². The number of hydrogen-bond acceptors (Lipinski definition) is 5. The Morgan fingerprint density at radius 2 is 1.61 bits per heavy atom. The summed E-state index contributed by atoms with van der Waals surface area (Å²) in [7, 11) is 0. The van der Waals surface area contributed by atoms with Crippen molar-refractivity contribution >= 4 is 29.5 Å². The minimum absolute atomic E-state index is 0.0826. The molecule has 10 nitrogen and oxygen atoms in total. The van der Waals surface area contributed by atoms with Gasteiger partial charge in [-0.05, 0) is 60.2 Å². The molecule has 3 aliphatic rings. The summed E-state index contributed by atoms with van der Waals surface area (Å²) in [6.45, 7) is 22.6. The highest BCUT2D eigenvalue weighted by atomic mass is 16.2. The van der Waals surface area contributed by atoms with Crippen LogP contribution in [0.15, 0.2) is 12.7 Å². The molecule has 2 aliphatic carbocycles. The number of carbonyl (C=O) groups is 5. The summed E-state index contributed by atoms with van der Waals surface area (Å²) in [5.74, 6) is -2.19. The fourth-order valence-electron chi connectivity index (χ4n) is 7.54. The topological polar surface area (TPSA) is 137 Å². The second-order valence-electron chi connectivity index (χ2n) is 16.9. The lowest BCUT2D eigenvalue weighted by Crippen LogP contribution is -2.63. The van der Waals surface area contributed by atoms with Crippen molar-refractivity contribution < 1.29 is 24.0 Å². The number of likely N-dealkylation sites (tertiary alicyclic amines) is 1. The van der Waals surface area contributed by atoms with Gasteiger partial charge in [-0.25, -0.2) is 4.79 Å². The summed E-state index contributed by atoms with van der Waals surface area (Å²) in [6, 6.07) is -3.03. The van der Waals surface area contributed by atoms with Gasteiger partial charge in [0.15, 0.2) is 0 Å². The van der Waals surface area contributed by atoms with Gasteiger partial charge in [-0.15, -0.1) is 6.58 Å². The molecule has 0 aromatic heterocycles. The van der Waals surface area contributed by atoms with Crippen LogP contribution in [0.1, 0.15) is 120 Å². The Hall–Kier alpha value is -2.91. The molecule has 4 N–H and O–H groups in total. The van der Waals surface area contributed by atoms with Crippen LogP contribution in [-0.2, 0) is 19.2 Å². The predicted molar refractivity (Wildman–Crippen MR) is 181 cm³/mol. The second kappa shape index (κ2) is 14.5. The second-order valence-corrected chi connectivity index (χ2v) is 16.9. The quantitative estimate of drug-likeness (QED) is 0.168. The Morgan fingerprint density at radius 1 is 0.978 bits per heavy atom. The summed E-state index contributed by atoms with van der Waals surface area (Å²) >= 11 is 0.